The van der Waals surface area contributed by atoms with Crippen LogP contribution in [0.5, 0.6) is 0 Å². The second-order valence-electron chi connectivity index (χ2n) is 5.48. The molecule has 80 valence electrons. The molecule has 2 unspecified atom stereocenters. The Hall–Kier alpha value is -0.330. The quantitative estimate of drug-likeness (QED) is 0.671. The standard InChI is InChI=1S/C13H22O/c1-10(14)5-6-13-8-11-3-2-4-12(7-11)9-13/h11-13H,2-9H2,1H3. The molecular formula is C13H22O. The van der Waals surface area contributed by atoms with Gasteiger partial charge in [0.05, 0.1) is 0 Å². The molecule has 1 nitrogen and oxygen atoms in total. The molecule has 0 aromatic carbocycles. The summed E-state index contributed by atoms with van der Waals surface area (Å²) in [6.07, 6.45) is 10.7. The van der Waals surface area contributed by atoms with Gasteiger partial charge in [-0.1, -0.05) is 19.3 Å². The molecule has 0 spiro atoms. The van der Waals surface area contributed by atoms with Crippen LogP contribution in [0.2, 0.25) is 0 Å². The van der Waals surface area contributed by atoms with Crippen molar-refractivity contribution in [3.05, 3.63) is 0 Å². The van der Waals surface area contributed by atoms with E-state index in [1.165, 1.54) is 44.9 Å². The summed E-state index contributed by atoms with van der Waals surface area (Å²) in [5, 5.41) is 0. The summed E-state index contributed by atoms with van der Waals surface area (Å²) in [4.78, 5) is 10.9. The molecule has 0 aliphatic heterocycles. The highest BCUT2D eigenvalue weighted by atomic mass is 16.1. The molecule has 0 N–H and O–H groups in total. The van der Waals surface area contributed by atoms with Crippen LogP contribution in [0.25, 0.3) is 0 Å². The van der Waals surface area contributed by atoms with Gasteiger partial charge in [0.15, 0.2) is 0 Å². The molecular weight excluding hydrogens is 172 g/mol. The van der Waals surface area contributed by atoms with Crippen LogP contribution < -0.4 is 0 Å². The summed E-state index contributed by atoms with van der Waals surface area (Å²) >= 11 is 0. The van der Waals surface area contributed by atoms with E-state index in [2.05, 4.69) is 0 Å². The van der Waals surface area contributed by atoms with E-state index in [9.17, 15) is 4.79 Å². The molecule has 2 bridgehead atoms. The zero-order valence-corrected chi connectivity index (χ0v) is 9.30. The van der Waals surface area contributed by atoms with Gasteiger partial charge in [0.2, 0.25) is 0 Å². The van der Waals surface area contributed by atoms with Crippen LogP contribution in [0, 0.1) is 17.8 Å². The van der Waals surface area contributed by atoms with Crippen LogP contribution in [0.15, 0.2) is 0 Å². The first-order valence-electron chi connectivity index (χ1n) is 6.23. The number of carbonyl (C=O) groups excluding carboxylic acids is 1. The molecule has 0 aromatic heterocycles. The molecule has 2 rings (SSSR count). The fourth-order valence-corrected chi connectivity index (χ4v) is 3.51. The number of hydrogen-bond donors (Lipinski definition) is 0. The van der Waals surface area contributed by atoms with E-state index in [1.54, 1.807) is 6.92 Å². The Morgan fingerprint density at radius 1 is 1.14 bits per heavy atom. The van der Waals surface area contributed by atoms with Gasteiger partial charge in [0.25, 0.3) is 0 Å². The van der Waals surface area contributed by atoms with Crippen LogP contribution in [0.1, 0.15) is 58.3 Å². The van der Waals surface area contributed by atoms with E-state index < -0.39 is 0 Å². The lowest BCUT2D eigenvalue weighted by Crippen LogP contribution is -2.27. The fraction of sp³-hybridized carbons (Fsp3) is 0.923. The third-order valence-corrected chi connectivity index (χ3v) is 4.13. The lowest BCUT2D eigenvalue weighted by molar-refractivity contribution is -0.117. The highest BCUT2D eigenvalue weighted by molar-refractivity contribution is 5.75. The number of Topliss-reactive ketones (excluding diaryl/α,β-unsaturated/α-hetero) is 1. The van der Waals surface area contributed by atoms with Crippen molar-refractivity contribution >= 4 is 5.78 Å². The van der Waals surface area contributed by atoms with Gasteiger partial charge in [-0.2, -0.15) is 0 Å². The molecule has 1 heteroatoms. The van der Waals surface area contributed by atoms with Gasteiger partial charge in [-0.05, 0) is 50.4 Å². The summed E-state index contributed by atoms with van der Waals surface area (Å²) in [5.41, 5.74) is 0. The highest BCUT2D eigenvalue weighted by Gasteiger charge is 2.31. The molecule has 2 aliphatic carbocycles. The first-order chi connectivity index (χ1) is 6.74. The van der Waals surface area contributed by atoms with E-state index in [0.717, 1.165) is 24.2 Å². The van der Waals surface area contributed by atoms with Crippen molar-refractivity contribution in [1.29, 1.82) is 0 Å². The Kier molecular flexibility index (Phi) is 3.25. The summed E-state index contributed by atoms with van der Waals surface area (Å²) in [5.74, 6) is 3.28. The minimum atomic E-state index is 0.376. The predicted molar refractivity (Wildman–Crippen MR) is 58.1 cm³/mol. The third-order valence-electron chi connectivity index (χ3n) is 4.13. The summed E-state index contributed by atoms with van der Waals surface area (Å²) in [6.45, 7) is 1.73. The molecule has 0 radical (unpaired) electrons. The first-order valence-corrected chi connectivity index (χ1v) is 6.23. The van der Waals surface area contributed by atoms with Crippen LogP contribution in [-0.2, 0) is 4.79 Å². The van der Waals surface area contributed by atoms with Gasteiger partial charge in [0.1, 0.15) is 5.78 Å². The van der Waals surface area contributed by atoms with E-state index in [-0.39, 0.29) is 0 Å². The Bertz CT molecular complexity index is 197. The van der Waals surface area contributed by atoms with Gasteiger partial charge in [0, 0.05) is 6.42 Å². The average Bonchev–Trinajstić information content (AvgIpc) is 2.14. The number of carbonyl (C=O) groups is 1. The van der Waals surface area contributed by atoms with Gasteiger partial charge in [-0.25, -0.2) is 0 Å². The maximum atomic E-state index is 10.9. The van der Waals surface area contributed by atoms with Crippen LogP contribution in [-0.4, -0.2) is 5.78 Å². The monoisotopic (exact) mass is 194 g/mol. The lowest BCUT2D eigenvalue weighted by atomic mass is 9.67. The van der Waals surface area contributed by atoms with E-state index in [1.807, 2.05) is 0 Å². The van der Waals surface area contributed by atoms with Crippen molar-refractivity contribution in [2.24, 2.45) is 17.8 Å². The van der Waals surface area contributed by atoms with Crippen molar-refractivity contribution in [1.82, 2.24) is 0 Å². The number of fused-ring (bicyclic) bond motifs is 2. The summed E-state index contributed by atoms with van der Waals surface area (Å²) in [7, 11) is 0. The van der Waals surface area contributed by atoms with Gasteiger partial charge in [-0.15, -0.1) is 0 Å². The van der Waals surface area contributed by atoms with Crippen LogP contribution in [0.4, 0.5) is 0 Å². The normalized spacial score (nSPS) is 36.8. The molecule has 14 heavy (non-hydrogen) atoms. The molecule has 2 aliphatic rings. The van der Waals surface area contributed by atoms with E-state index in [4.69, 9.17) is 0 Å². The van der Waals surface area contributed by atoms with Gasteiger partial charge >= 0.3 is 0 Å². The fourth-order valence-electron chi connectivity index (χ4n) is 3.51. The second-order valence-corrected chi connectivity index (χ2v) is 5.48. The zero-order chi connectivity index (χ0) is 9.97. The maximum absolute atomic E-state index is 10.9. The largest absolute Gasteiger partial charge is 0.300 e. The van der Waals surface area contributed by atoms with E-state index >= 15 is 0 Å². The predicted octanol–water partition coefficient (Wildman–Crippen LogP) is 3.57. The van der Waals surface area contributed by atoms with Gasteiger partial charge in [-0.3, -0.25) is 0 Å². The molecule has 0 amide bonds. The minimum absolute atomic E-state index is 0.376. The van der Waals surface area contributed by atoms with E-state index in [0.29, 0.717) is 5.78 Å². The van der Waals surface area contributed by atoms with Crippen molar-refractivity contribution in [2.45, 2.75) is 58.3 Å². The highest BCUT2D eigenvalue weighted by Crippen LogP contribution is 2.43. The third kappa shape index (κ3) is 2.59. The maximum Gasteiger partial charge on any atom is 0.129 e. The Morgan fingerprint density at radius 3 is 2.36 bits per heavy atom. The number of rotatable bonds is 3. The van der Waals surface area contributed by atoms with Crippen molar-refractivity contribution in [3.8, 4) is 0 Å². The Morgan fingerprint density at radius 2 is 1.79 bits per heavy atom. The number of ketones is 1. The molecule has 0 aromatic rings. The van der Waals surface area contributed by atoms with Gasteiger partial charge < -0.3 is 4.79 Å². The molecule has 0 saturated heterocycles. The zero-order valence-electron chi connectivity index (χ0n) is 9.30. The molecule has 2 saturated carbocycles. The summed E-state index contributed by atoms with van der Waals surface area (Å²) < 4.78 is 0. The Labute approximate surface area is 87.3 Å². The van der Waals surface area contributed by atoms with Crippen molar-refractivity contribution in [2.75, 3.05) is 0 Å². The first kappa shape index (κ1) is 10.2. The molecule has 2 atom stereocenters. The van der Waals surface area contributed by atoms with Crippen LogP contribution in [0.3, 0.4) is 0 Å². The second kappa shape index (κ2) is 4.46. The lowest BCUT2D eigenvalue weighted by Gasteiger charge is -2.39. The Balaban J connectivity index is 1.80. The topological polar surface area (TPSA) is 17.1 Å². The van der Waals surface area contributed by atoms with Crippen molar-refractivity contribution < 1.29 is 4.79 Å². The summed E-state index contributed by atoms with van der Waals surface area (Å²) in [6, 6.07) is 0. The smallest absolute Gasteiger partial charge is 0.129 e. The molecule has 0 heterocycles. The number of hydrogen-bond acceptors (Lipinski definition) is 1. The van der Waals surface area contributed by atoms with Crippen molar-refractivity contribution in [3.63, 3.8) is 0 Å². The minimum Gasteiger partial charge on any atom is -0.300 e. The average molecular weight is 194 g/mol. The molecule has 2 fully saturated rings. The SMILES string of the molecule is CC(=O)CCC1CC2CCCC(C2)C1. The van der Waals surface area contributed by atoms with Crippen LogP contribution >= 0.6 is 0 Å².